The number of nitrogen functional groups attached to an aromatic ring is 2. The van der Waals surface area contributed by atoms with Crippen molar-refractivity contribution in [3.8, 4) is 34.9 Å². The number of rotatable bonds is 0. The molecule has 0 spiro atoms. The first kappa shape index (κ1) is 53.1. The Hall–Kier alpha value is -5.22. The van der Waals surface area contributed by atoms with E-state index in [0.717, 1.165) is 0 Å². The number of halogens is 14. The van der Waals surface area contributed by atoms with E-state index in [1.165, 1.54) is 13.8 Å². The van der Waals surface area contributed by atoms with Gasteiger partial charge in [-0.1, -0.05) is 0 Å². The highest BCUT2D eigenvalue weighted by Crippen LogP contribution is 2.46. The number of alkyl halides is 12. The minimum atomic E-state index is -5.28. The lowest BCUT2D eigenvalue weighted by atomic mass is 9.94. The van der Waals surface area contributed by atoms with E-state index in [2.05, 4.69) is 30.4 Å². The maximum Gasteiger partial charge on any atom is 0.426 e. The molecule has 4 atom stereocenters. The normalized spacial score (nSPS) is 22.5. The number of ketones is 2. The average Bonchev–Trinajstić information content (AvgIpc) is 3.83. The van der Waals surface area contributed by atoms with Crippen LogP contribution >= 0.6 is 24.8 Å². The van der Waals surface area contributed by atoms with Gasteiger partial charge in [0.1, 0.15) is 28.8 Å². The summed E-state index contributed by atoms with van der Waals surface area (Å²) in [5.74, 6) is -7.17. The molecule has 2 aliphatic heterocycles. The number of aliphatic hydroxyl groups is 2. The summed E-state index contributed by atoms with van der Waals surface area (Å²) < 4.78 is 182. The van der Waals surface area contributed by atoms with Gasteiger partial charge in [-0.05, 0) is 45.2 Å². The molecule has 0 saturated heterocycles. The fourth-order valence-corrected chi connectivity index (χ4v) is 5.92. The van der Waals surface area contributed by atoms with E-state index in [1.807, 2.05) is 0 Å². The average molecular weight is 982 g/mol. The molecule has 6 rings (SSSR count). The number of hydrogen-bond acceptors (Lipinski definition) is 16. The van der Waals surface area contributed by atoms with Crippen LogP contribution in [0.3, 0.4) is 0 Å². The lowest BCUT2D eigenvalue weighted by Gasteiger charge is -2.27. The van der Waals surface area contributed by atoms with E-state index in [-0.39, 0.29) is 50.5 Å². The van der Waals surface area contributed by atoms with Crippen molar-refractivity contribution in [2.24, 2.45) is 0 Å². The van der Waals surface area contributed by atoms with Gasteiger partial charge in [0.25, 0.3) is 23.6 Å². The number of ether oxygens (including phenoxy) is 2. The summed E-state index contributed by atoms with van der Waals surface area (Å²) in [5, 5.41) is 33.6. The molecular formula is C34H34Cl2F12N8O8. The number of nitrogens with two attached hydrogens (primary N) is 2. The third kappa shape index (κ3) is 11.3. The molecule has 6 heterocycles. The van der Waals surface area contributed by atoms with Gasteiger partial charge in [0.2, 0.25) is 23.0 Å². The topological polar surface area (TPSA) is 249 Å². The Labute approximate surface area is 363 Å². The summed E-state index contributed by atoms with van der Waals surface area (Å²) in [6.45, 7) is 2.67. The van der Waals surface area contributed by atoms with Gasteiger partial charge in [-0.2, -0.15) is 52.7 Å². The standard InChI is InChI=1S/2C17H16F6N4O4.2ClH/c1-7-2-3-8(28)4-5-15(29,17(21,22)23)14-27-26-13(31-14)11-10(24)6-9(16(18,19)20)12(25-11)30-7;1-7-5-8(28)3-2-4-15(29,17(21,22)23)14-27-26-13(31-14)11-10(24)6-9(16(18,19)20)12(25-11)30-7;;/h2*6-7,29H,2-5,24H2,1H3;2*1H/t2*7-,15-;;/m11../s1. The Morgan fingerprint density at radius 2 is 1.05 bits per heavy atom. The predicted molar refractivity (Wildman–Crippen MR) is 195 cm³/mol. The molecule has 0 aromatic carbocycles. The third-order valence-corrected chi connectivity index (χ3v) is 9.28. The molecule has 0 unspecified atom stereocenters. The summed E-state index contributed by atoms with van der Waals surface area (Å²) >= 11 is 0. The largest absolute Gasteiger partial charge is 0.474 e. The molecule has 64 heavy (non-hydrogen) atoms. The van der Waals surface area contributed by atoms with Crippen molar-refractivity contribution in [3.05, 3.63) is 35.0 Å². The molecule has 0 fully saturated rings. The van der Waals surface area contributed by atoms with E-state index in [0.29, 0.717) is 12.1 Å². The van der Waals surface area contributed by atoms with Gasteiger partial charge in [-0.3, -0.25) is 9.59 Å². The van der Waals surface area contributed by atoms with Gasteiger partial charge in [0.15, 0.2) is 11.4 Å². The molecule has 4 aromatic heterocycles. The molecule has 0 amide bonds. The molecule has 0 saturated carbocycles. The molecular weight excluding hydrogens is 947 g/mol. The molecule has 0 radical (unpaired) electrons. The Morgan fingerprint density at radius 3 is 1.47 bits per heavy atom. The molecule has 356 valence electrons. The number of aromatic nitrogens is 6. The second kappa shape index (κ2) is 19.1. The molecule has 8 bridgehead atoms. The van der Waals surface area contributed by atoms with Crippen molar-refractivity contribution in [2.45, 2.75) is 113 Å². The zero-order chi connectivity index (χ0) is 46.4. The number of carbonyl (C=O) groups is 2. The Morgan fingerprint density at radius 1 is 0.625 bits per heavy atom. The number of nitrogens with zero attached hydrogens (tertiary/aromatic N) is 6. The second-order valence-corrected chi connectivity index (χ2v) is 14.1. The fourth-order valence-electron chi connectivity index (χ4n) is 5.92. The molecule has 30 heteroatoms. The first-order valence-corrected chi connectivity index (χ1v) is 17.8. The number of carbonyl (C=O) groups excluding carboxylic acids is 2. The number of pyridine rings is 2. The van der Waals surface area contributed by atoms with Crippen LogP contribution in [-0.2, 0) is 33.1 Å². The van der Waals surface area contributed by atoms with Crippen LogP contribution in [0.15, 0.2) is 21.0 Å². The van der Waals surface area contributed by atoms with Crippen molar-refractivity contribution in [3.63, 3.8) is 0 Å². The van der Waals surface area contributed by atoms with Crippen LogP contribution in [0.5, 0.6) is 11.8 Å². The highest BCUT2D eigenvalue weighted by Gasteiger charge is 2.60. The van der Waals surface area contributed by atoms with Crippen LogP contribution in [0.25, 0.3) is 23.2 Å². The predicted octanol–water partition coefficient (Wildman–Crippen LogP) is 7.63. The van der Waals surface area contributed by atoms with Crippen molar-refractivity contribution in [1.29, 1.82) is 0 Å². The van der Waals surface area contributed by atoms with E-state index in [1.54, 1.807) is 0 Å². The molecule has 4 aromatic rings. The van der Waals surface area contributed by atoms with Crippen molar-refractivity contribution >= 4 is 47.8 Å². The maximum absolute atomic E-state index is 13.6. The monoisotopic (exact) mass is 980 g/mol. The van der Waals surface area contributed by atoms with Gasteiger partial charge < -0.3 is 40.0 Å². The smallest absolute Gasteiger partial charge is 0.426 e. The molecule has 2 aliphatic rings. The van der Waals surface area contributed by atoms with Crippen LogP contribution < -0.4 is 20.9 Å². The number of anilines is 2. The summed E-state index contributed by atoms with van der Waals surface area (Å²) in [6.07, 6.45) is -26.7. The first-order valence-electron chi connectivity index (χ1n) is 17.8. The Balaban J connectivity index is 0.000000330. The quantitative estimate of drug-likeness (QED) is 0.124. The SMILES string of the molecule is C[C@@H]1CC(=O)CCC[C@](O)(C(F)(F)F)c2nnc(o2)-c2nc(c(C(F)(F)F)cc2N)O1.C[C@@H]1CCC(=O)CC[C@](O)(C(F)(F)F)c2nnc(o2)-c2nc(c(C(F)(F)F)cc2N)O1.Cl.Cl. The fraction of sp³-hybridized carbons (Fsp3) is 0.529. The lowest BCUT2D eigenvalue weighted by molar-refractivity contribution is -0.277. The molecule has 16 nitrogen and oxygen atoms in total. The van der Waals surface area contributed by atoms with E-state index in [9.17, 15) is 72.5 Å². The van der Waals surface area contributed by atoms with E-state index >= 15 is 0 Å². The molecule has 6 N–H and O–H groups in total. The minimum absolute atomic E-state index is 0. The highest BCUT2D eigenvalue weighted by atomic mass is 35.5. The van der Waals surface area contributed by atoms with Crippen molar-refractivity contribution in [1.82, 2.24) is 30.4 Å². The maximum atomic E-state index is 13.6. The van der Waals surface area contributed by atoms with Crippen LogP contribution in [0, 0.1) is 0 Å². The zero-order valence-corrected chi connectivity index (χ0v) is 34.1. The van der Waals surface area contributed by atoms with Crippen molar-refractivity contribution in [2.75, 3.05) is 11.5 Å². The summed E-state index contributed by atoms with van der Waals surface area (Å²) in [6, 6.07) is 0.930. The third-order valence-electron chi connectivity index (χ3n) is 9.28. The van der Waals surface area contributed by atoms with Gasteiger partial charge >= 0.3 is 24.7 Å². The Kier molecular flexibility index (Phi) is 15.8. The lowest BCUT2D eigenvalue weighted by Crippen LogP contribution is -2.43. The number of fused-ring (bicyclic) bond motifs is 10. The van der Waals surface area contributed by atoms with E-state index in [4.69, 9.17) is 29.8 Å². The Bertz CT molecular complexity index is 2310. The van der Waals surface area contributed by atoms with Crippen LogP contribution in [0.4, 0.5) is 64.1 Å². The highest BCUT2D eigenvalue weighted by molar-refractivity contribution is 5.85. The van der Waals surface area contributed by atoms with Crippen LogP contribution in [0.1, 0.15) is 88.1 Å². The number of hydrogen-bond donors (Lipinski definition) is 4. The van der Waals surface area contributed by atoms with Crippen LogP contribution in [0.2, 0.25) is 0 Å². The summed E-state index contributed by atoms with van der Waals surface area (Å²) in [5.41, 5.74) is -1.07. The first-order chi connectivity index (χ1) is 28.4. The minimum Gasteiger partial charge on any atom is -0.474 e. The van der Waals surface area contributed by atoms with Gasteiger partial charge in [0, 0.05) is 32.1 Å². The summed E-state index contributed by atoms with van der Waals surface area (Å²) in [4.78, 5) is 31.3. The van der Waals surface area contributed by atoms with Crippen LogP contribution in [-0.4, -0.2) is 76.7 Å². The zero-order valence-electron chi connectivity index (χ0n) is 32.5. The summed E-state index contributed by atoms with van der Waals surface area (Å²) in [7, 11) is 0. The van der Waals surface area contributed by atoms with Gasteiger partial charge in [0.05, 0.1) is 17.5 Å². The van der Waals surface area contributed by atoms with Gasteiger partial charge in [-0.25, -0.2) is 9.97 Å². The second-order valence-electron chi connectivity index (χ2n) is 14.1. The van der Waals surface area contributed by atoms with E-state index < -0.39 is 155 Å². The number of Topliss-reactive ketones (excluding diaryl/α,β-unsaturated/α-hetero) is 2. The van der Waals surface area contributed by atoms with Crippen molar-refractivity contribution < 1.29 is 90.8 Å². The molecule has 0 aliphatic carbocycles. The van der Waals surface area contributed by atoms with Gasteiger partial charge in [-0.15, -0.1) is 45.2 Å².